The summed E-state index contributed by atoms with van der Waals surface area (Å²) in [6.07, 6.45) is 7.03. The molecule has 0 saturated carbocycles. The first-order valence-electron chi connectivity index (χ1n) is 10.9. The number of aryl methyl sites for hydroxylation is 1. The highest BCUT2D eigenvalue weighted by molar-refractivity contribution is 5.91. The number of urea groups is 1. The van der Waals surface area contributed by atoms with E-state index in [0.717, 1.165) is 24.1 Å². The molecule has 1 aliphatic heterocycles. The molecule has 1 aliphatic rings. The Balaban J connectivity index is 1.27. The van der Waals surface area contributed by atoms with Crippen LogP contribution in [0.2, 0.25) is 0 Å². The van der Waals surface area contributed by atoms with Crippen molar-refractivity contribution in [1.29, 1.82) is 0 Å². The molecule has 174 valence electrons. The van der Waals surface area contributed by atoms with Crippen LogP contribution in [0.3, 0.4) is 0 Å². The van der Waals surface area contributed by atoms with Gasteiger partial charge in [0.15, 0.2) is 0 Å². The summed E-state index contributed by atoms with van der Waals surface area (Å²) < 4.78 is 13.1. The molecule has 10 nitrogen and oxygen atoms in total. The van der Waals surface area contributed by atoms with Gasteiger partial charge in [0.05, 0.1) is 37.7 Å². The zero-order valence-corrected chi connectivity index (χ0v) is 18.4. The summed E-state index contributed by atoms with van der Waals surface area (Å²) in [6, 6.07) is 10.3. The number of pyridine rings is 1. The molecule has 0 aliphatic carbocycles. The third kappa shape index (κ3) is 5.85. The van der Waals surface area contributed by atoms with E-state index in [2.05, 4.69) is 25.9 Å². The van der Waals surface area contributed by atoms with Gasteiger partial charge in [-0.15, -0.1) is 5.10 Å². The Morgan fingerprint density at radius 3 is 2.94 bits per heavy atom. The Kier molecular flexibility index (Phi) is 7.48. The first-order valence-corrected chi connectivity index (χ1v) is 10.9. The zero-order valence-electron chi connectivity index (χ0n) is 18.4. The molecule has 0 spiro atoms. The van der Waals surface area contributed by atoms with Crippen LogP contribution in [0.4, 0.5) is 10.5 Å². The van der Waals surface area contributed by atoms with Crippen molar-refractivity contribution in [2.24, 2.45) is 0 Å². The Morgan fingerprint density at radius 2 is 2.15 bits per heavy atom. The summed E-state index contributed by atoms with van der Waals surface area (Å²) in [5, 5.41) is 23.9. The number of methoxy groups -OCH3 is 1. The summed E-state index contributed by atoms with van der Waals surface area (Å²) >= 11 is 0. The Hall–Kier alpha value is -3.50. The van der Waals surface area contributed by atoms with Crippen molar-refractivity contribution >= 4 is 11.7 Å². The molecule has 3 atom stereocenters. The van der Waals surface area contributed by atoms with E-state index in [9.17, 15) is 9.90 Å². The van der Waals surface area contributed by atoms with Gasteiger partial charge in [-0.1, -0.05) is 17.3 Å². The van der Waals surface area contributed by atoms with Crippen molar-refractivity contribution in [1.82, 2.24) is 25.3 Å². The van der Waals surface area contributed by atoms with Gasteiger partial charge in [0, 0.05) is 24.5 Å². The Morgan fingerprint density at radius 1 is 1.27 bits per heavy atom. The summed E-state index contributed by atoms with van der Waals surface area (Å²) in [7, 11) is 1.55. The number of carbonyl (C=O) groups excluding carboxylic acids is 1. The predicted molar refractivity (Wildman–Crippen MR) is 122 cm³/mol. The SMILES string of the molecule is COc1ccccc1NC(=O)N[C@@H]1CC[C@@H](CCn2cc(-c3cccnc3)nn2)O[C@@H]1CO. The molecule has 33 heavy (non-hydrogen) atoms. The minimum Gasteiger partial charge on any atom is -0.495 e. The van der Waals surface area contributed by atoms with Crippen LogP contribution in [-0.2, 0) is 11.3 Å². The van der Waals surface area contributed by atoms with E-state index < -0.39 is 6.10 Å². The molecule has 4 rings (SSSR count). The number of anilines is 1. The fourth-order valence-corrected chi connectivity index (χ4v) is 3.91. The van der Waals surface area contributed by atoms with Crippen molar-refractivity contribution in [3.63, 3.8) is 0 Å². The molecule has 1 aromatic carbocycles. The van der Waals surface area contributed by atoms with Crippen LogP contribution >= 0.6 is 0 Å². The molecule has 0 unspecified atom stereocenters. The third-order valence-corrected chi connectivity index (χ3v) is 5.64. The number of nitrogens with zero attached hydrogens (tertiary/aromatic N) is 4. The number of aliphatic hydroxyl groups excluding tert-OH is 1. The highest BCUT2D eigenvalue weighted by atomic mass is 16.5. The summed E-state index contributed by atoms with van der Waals surface area (Å²) in [4.78, 5) is 16.6. The molecule has 2 aromatic heterocycles. The number of aliphatic hydroxyl groups is 1. The number of benzene rings is 1. The third-order valence-electron chi connectivity index (χ3n) is 5.64. The highest BCUT2D eigenvalue weighted by Gasteiger charge is 2.32. The van der Waals surface area contributed by atoms with Crippen LogP contribution in [0.15, 0.2) is 55.0 Å². The van der Waals surface area contributed by atoms with Crippen molar-refractivity contribution in [3.05, 3.63) is 55.0 Å². The fraction of sp³-hybridized carbons (Fsp3) is 0.391. The number of hydrogen-bond donors (Lipinski definition) is 3. The Labute approximate surface area is 191 Å². The monoisotopic (exact) mass is 452 g/mol. The number of rotatable bonds is 8. The largest absolute Gasteiger partial charge is 0.495 e. The minimum atomic E-state index is -0.478. The van der Waals surface area contributed by atoms with Crippen molar-refractivity contribution in [2.45, 2.75) is 44.1 Å². The van der Waals surface area contributed by atoms with Crippen LogP contribution in [-0.4, -0.2) is 63.1 Å². The van der Waals surface area contributed by atoms with Crippen molar-refractivity contribution < 1.29 is 19.4 Å². The number of para-hydroxylation sites is 2. The molecule has 3 N–H and O–H groups in total. The van der Waals surface area contributed by atoms with Gasteiger partial charge in [-0.3, -0.25) is 9.67 Å². The van der Waals surface area contributed by atoms with E-state index in [1.807, 2.05) is 30.5 Å². The van der Waals surface area contributed by atoms with E-state index in [0.29, 0.717) is 24.4 Å². The molecule has 0 bridgehead atoms. The molecule has 2 amide bonds. The molecular weight excluding hydrogens is 424 g/mol. The van der Waals surface area contributed by atoms with Gasteiger partial charge in [0.1, 0.15) is 17.5 Å². The van der Waals surface area contributed by atoms with Gasteiger partial charge in [-0.05, 0) is 43.5 Å². The second-order valence-electron chi connectivity index (χ2n) is 7.86. The lowest BCUT2D eigenvalue weighted by atomic mass is 9.97. The van der Waals surface area contributed by atoms with Gasteiger partial charge in [-0.25, -0.2) is 4.79 Å². The van der Waals surface area contributed by atoms with Crippen molar-refractivity contribution in [2.75, 3.05) is 19.0 Å². The second kappa shape index (κ2) is 10.9. The number of carbonyl (C=O) groups is 1. The average molecular weight is 453 g/mol. The van der Waals surface area contributed by atoms with Crippen molar-refractivity contribution in [3.8, 4) is 17.0 Å². The smallest absolute Gasteiger partial charge is 0.319 e. The van der Waals surface area contributed by atoms with E-state index in [1.54, 1.807) is 36.3 Å². The molecule has 3 aromatic rings. The number of hydrogen-bond acceptors (Lipinski definition) is 7. The van der Waals surface area contributed by atoms with Gasteiger partial charge in [-0.2, -0.15) is 0 Å². The van der Waals surface area contributed by atoms with Crippen LogP contribution in [0.1, 0.15) is 19.3 Å². The lowest BCUT2D eigenvalue weighted by Crippen LogP contribution is -2.52. The number of ether oxygens (including phenoxy) is 2. The second-order valence-corrected chi connectivity index (χ2v) is 7.86. The fourth-order valence-electron chi connectivity index (χ4n) is 3.91. The lowest BCUT2D eigenvalue weighted by molar-refractivity contribution is -0.0905. The predicted octanol–water partition coefficient (Wildman–Crippen LogP) is 2.47. The summed E-state index contributed by atoms with van der Waals surface area (Å²) in [5.74, 6) is 0.575. The van der Waals surface area contributed by atoms with E-state index in [1.165, 1.54) is 0 Å². The molecule has 3 heterocycles. The van der Waals surface area contributed by atoms with Gasteiger partial charge in [0.2, 0.25) is 0 Å². The molecule has 10 heteroatoms. The quantitative estimate of drug-likeness (QED) is 0.480. The minimum absolute atomic E-state index is 0.0384. The molecular formula is C23H28N6O4. The molecule has 1 saturated heterocycles. The van der Waals surface area contributed by atoms with Crippen LogP contribution < -0.4 is 15.4 Å². The summed E-state index contributed by atoms with van der Waals surface area (Å²) in [5.41, 5.74) is 2.26. The average Bonchev–Trinajstić information content (AvgIpc) is 3.33. The van der Waals surface area contributed by atoms with Gasteiger partial charge < -0.3 is 25.2 Å². The normalized spacial score (nSPS) is 20.2. The molecule has 1 fully saturated rings. The maximum Gasteiger partial charge on any atom is 0.319 e. The molecule has 0 radical (unpaired) electrons. The van der Waals surface area contributed by atoms with E-state index >= 15 is 0 Å². The van der Waals surface area contributed by atoms with Crippen LogP contribution in [0.25, 0.3) is 11.3 Å². The number of aromatic nitrogens is 4. The van der Waals surface area contributed by atoms with Gasteiger partial charge in [0.25, 0.3) is 0 Å². The maximum atomic E-state index is 12.5. The zero-order chi connectivity index (χ0) is 23.0. The standard InChI is InChI=1S/C23H28N6O4/c1-32-21-7-3-2-6-18(21)25-23(31)26-19-9-8-17(33-22(19)15-30)10-12-29-14-20(27-28-29)16-5-4-11-24-13-16/h2-7,11,13-14,17,19,22,30H,8-10,12,15H2,1H3,(H2,25,26,31)/t17-,19+,22+/m0/s1. The maximum absolute atomic E-state index is 12.5. The summed E-state index contributed by atoms with van der Waals surface area (Å²) in [6.45, 7) is 0.465. The van der Waals surface area contributed by atoms with E-state index in [4.69, 9.17) is 9.47 Å². The van der Waals surface area contributed by atoms with Gasteiger partial charge >= 0.3 is 6.03 Å². The van der Waals surface area contributed by atoms with Crippen LogP contribution in [0.5, 0.6) is 5.75 Å². The Bertz CT molecular complexity index is 1040. The van der Waals surface area contributed by atoms with Crippen LogP contribution in [0, 0.1) is 0 Å². The first-order chi connectivity index (χ1) is 16.2. The topological polar surface area (TPSA) is 123 Å². The number of nitrogens with one attached hydrogen (secondary N) is 2. The van der Waals surface area contributed by atoms with E-state index in [-0.39, 0.29) is 24.8 Å². The number of amides is 2. The first kappa shape index (κ1) is 22.7. The lowest BCUT2D eigenvalue weighted by Gasteiger charge is -2.36. The highest BCUT2D eigenvalue weighted by Crippen LogP contribution is 2.25.